The first-order valence-corrected chi connectivity index (χ1v) is 10.8. The van der Waals surface area contributed by atoms with Crippen molar-refractivity contribution in [3.63, 3.8) is 0 Å². The highest BCUT2D eigenvalue weighted by Gasteiger charge is 2.39. The molecule has 0 aromatic heterocycles. The molecular weight excluding hydrogens is 382 g/mol. The first-order chi connectivity index (χ1) is 12.7. The number of thioether (sulfide) groups is 1. The van der Waals surface area contributed by atoms with Crippen LogP contribution in [0.25, 0.3) is 0 Å². The lowest BCUT2D eigenvalue weighted by Crippen LogP contribution is -2.38. The third-order valence-electron chi connectivity index (χ3n) is 6.19. The van der Waals surface area contributed by atoms with E-state index in [1.807, 2.05) is 35.4 Å². The normalized spacial score (nSPS) is 27.9. The second-order valence-electron chi connectivity index (χ2n) is 7.68. The molecule has 27 heavy (non-hydrogen) atoms. The Kier molecular flexibility index (Phi) is 6.71. The number of carbonyl (C=O) groups excluding carboxylic acids is 2. The van der Waals surface area contributed by atoms with Gasteiger partial charge in [0.05, 0.1) is 5.92 Å². The van der Waals surface area contributed by atoms with Gasteiger partial charge in [0.1, 0.15) is 0 Å². The monoisotopic (exact) mass is 409 g/mol. The van der Waals surface area contributed by atoms with Gasteiger partial charge < -0.3 is 15.1 Å². The molecule has 3 aliphatic heterocycles. The fourth-order valence-electron chi connectivity index (χ4n) is 4.58. The predicted octanol–water partition coefficient (Wildman–Crippen LogP) is 2.64. The lowest BCUT2D eigenvalue weighted by Gasteiger charge is -2.24. The summed E-state index contributed by atoms with van der Waals surface area (Å²) in [4.78, 5) is 30.5. The summed E-state index contributed by atoms with van der Waals surface area (Å²) in [6.07, 6.45) is 4.55. The zero-order valence-corrected chi connectivity index (χ0v) is 17.4. The number of nitrogens with one attached hydrogen (secondary N) is 1. The molecule has 148 valence electrons. The molecule has 3 aliphatic rings. The standard InChI is InChI=1S/C20H27N3O2S.ClH/c1-26-18-4-2-17(3-5-18)23-13-16(10-19(23)24)20(25)22-8-6-14-11-21-12-15(14)7-9-22;/h2-5,14-16,21H,6-13H2,1H3;1H/t14-,15+,16?;. The molecule has 2 amide bonds. The molecule has 1 N–H and O–H groups in total. The SMILES string of the molecule is CSc1ccc(N2CC(C(=O)N3CC[C@@H]4CNC[C@@H]4CC3)CC2=O)cc1.Cl. The molecule has 0 radical (unpaired) electrons. The summed E-state index contributed by atoms with van der Waals surface area (Å²) in [6, 6.07) is 8.03. The molecule has 3 atom stereocenters. The van der Waals surface area contributed by atoms with Crippen LogP contribution in [0.2, 0.25) is 0 Å². The van der Waals surface area contributed by atoms with Gasteiger partial charge in [-0.25, -0.2) is 0 Å². The number of carbonyl (C=O) groups is 2. The van der Waals surface area contributed by atoms with Gasteiger partial charge in [-0.1, -0.05) is 0 Å². The van der Waals surface area contributed by atoms with Crippen molar-refractivity contribution in [2.75, 3.05) is 43.9 Å². The van der Waals surface area contributed by atoms with Crippen LogP contribution in [0, 0.1) is 17.8 Å². The molecule has 1 unspecified atom stereocenters. The van der Waals surface area contributed by atoms with Crippen LogP contribution in [0.1, 0.15) is 19.3 Å². The Morgan fingerprint density at radius 3 is 2.33 bits per heavy atom. The van der Waals surface area contributed by atoms with E-state index in [0.29, 0.717) is 24.8 Å². The van der Waals surface area contributed by atoms with E-state index < -0.39 is 0 Å². The molecule has 4 rings (SSSR count). The first-order valence-electron chi connectivity index (χ1n) is 9.59. The second kappa shape index (κ2) is 8.84. The summed E-state index contributed by atoms with van der Waals surface area (Å²) >= 11 is 1.69. The van der Waals surface area contributed by atoms with E-state index in [9.17, 15) is 9.59 Å². The van der Waals surface area contributed by atoms with E-state index in [1.54, 1.807) is 16.7 Å². The maximum Gasteiger partial charge on any atom is 0.228 e. The van der Waals surface area contributed by atoms with Gasteiger partial charge >= 0.3 is 0 Å². The number of likely N-dealkylation sites (tertiary alicyclic amines) is 1. The van der Waals surface area contributed by atoms with Crippen LogP contribution in [0.4, 0.5) is 5.69 Å². The first kappa shape index (κ1) is 20.5. The van der Waals surface area contributed by atoms with Crippen molar-refractivity contribution in [3.05, 3.63) is 24.3 Å². The average molecular weight is 410 g/mol. The molecule has 7 heteroatoms. The van der Waals surface area contributed by atoms with E-state index >= 15 is 0 Å². The quantitative estimate of drug-likeness (QED) is 0.780. The van der Waals surface area contributed by atoms with Crippen LogP contribution >= 0.6 is 24.2 Å². The molecule has 1 aromatic carbocycles. The number of rotatable bonds is 3. The van der Waals surface area contributed by atoms with Crippen LogP contribution in [0.15, 0.2) is 29.2 Å². The Morgan fingerprint density at radius 2 is 1.74 bits per heavy atom. The summed E-state index contributed by atoms with van der Waals surface area (Å²) in [5.41, 5.74) is 0.902. The second-order valence-corrected chi connectivity index (χ2v) is 8.56. The van der Waals surface area contributed by atoms with Crippen LogP contribution in [-0.2, 0) is 9.59 Å². The van der Waals surface area contributed by atoms with Crippen molar-refractivity contribution in [1.29, 1.82) is 0 Å². The highest BCUT2D eigenvalue weighted by Crippen LogP contribution is 2.31. The number of halogens is 1. The fourth-order valence-corrected chi connectivity index (χ4v) is 4.99. The maximum absolute atomic E-state index is 13.0. The Balaban J connectivity index is 0.00000210. The molecule has 0 bridgehead atoms. The van der Waals surface area contributed by atoms with Crippen LogP contribution in [0.5, 0.6) is 0 Å². The van der Waals surface area contributed by atoms with E-state index in [2.05, 4.69) is 5.32 Å². The van der Waals surface area contributed by atoms with Crippen LogP contribution in [-0.4, -0.2) is 55.7 Å². The van der Waals surface area contributed by atoms with Crippen molar-refractivity contribution >= 4 is 41.7 Å². The highest BCUT2D eigenvalue weighted by molar-refractivity contribution is 7.98. The predicted molar refractivity (Wildman–Crippen MR) is 112 cm³/mol. The van der Waals surface area contributed by atoms with Gasteiger partial charge in [-0.15, -0.1) is 24.2 Å². The van der Waals surface area contributed by atoms with Crippen molar-refractivity contribution in [3.8, 4) is 0 Å². The molecule has 3 fully saturated rings. The minimum absolute atomic E-state index is 0. The zero-order valence-electron chi connectivity index (χ0n) is 15.7. The number of amides is 2. The van der Waals surface area contributed by atoms with Gasteiger partial charge in [0, 0.05) is 36.6 Å². The van der Waals surface area contributed by atoms with Gasteiger partial charge in [-0.05, 0) is 68.3 Å². The number of nitrogens with zero attached hydrogens (tertiary/aromatic N) is 2. The molecule has 0 saturated carbocycles. The van der Waals surface area contributed by atoms with E-state index in [4.69, 9.17) is 0 Å². The number of fused-ring (bicyclic) bond motifs is 1. The fraction of sp³-hybridized carbons (Fsp3) is 0.600. The van der Waals surface area contributed by atoms with Gasteiger partial charge in [0.2, 0.25) is 11.8 Å². The van der Waals surface area contributed by atoms with Gasteiger partial charge in [0.25, 0.3) is 0 Å². The Labute approximate surface area is 171 Å². The topological polar surface area (TPSA) is 52.7 Å². The van der Waals surface area contributed by atoms with Gasteiger partial charge in [-0.2, -0.15) is 0 Å². The third-order valence-corrected chi connectivity index (χ3v) is 6.93. The Bertz CT molecular complexity index is 670. The lowest BCUT2D eigenvalue weighted by molar-refractivity contribution is -0.135. The van der Waals surface area contributed by atoms with E-state index in [1.165, 1.54) is 4.90 Å². The van der Waals surface area contributed by atoms with Crippen molar-refractivity contribution < 1.29 is 9.59 Å². The number of hydrogen-bond acceptors (Lipinski definition) is 4. The zero-order chi connectivity index (χ0) is 18.1. The minimum Gasteiger partial charge on any atom is -0.342 e. The average Bonchev–Trinajstić information content (AvgIpc) is 3.23. The number of benzene rings is 1. The summed E-state index contributed by atoms with van der Waals surface area (Å²) in [6.45, 7) is 4.38. The van der Waals surface area contributed by atoms with Crippen molar-refractivity contribution in [1.82, 2.24) is 10.2 Å². The van der Waals surface area contributed by atoms with Crippen LogP contribution < -0.4 is 10.2 Å². The van der Waals surface area contributed by atoms with Gasteiger partial charge in [0.15, 0.2) is 0 Å². The smallest absolute Gasteiger partial charge is 0.228 e. The van der Waals surface area contributed by atoms with E-state index in [0.717, 1.165) is 44.7 Å². The lowest BCUT2D eigenvalue weighted by atomic mass is 9.92. The minimum atomic E-state index is -0.196. The van der Waals surface area contributed by atoms with Crippen LogP contribution in [0.3, 0.4) is 0 Å². The third kappa shape index (κ3) is 4.28. The highest BCUT2D eigenvalue weighted by atomic mass is 35.5. The Hall–Kier alpha value is -1.24. The summed E-state index contributed by atoms with van der Waals surface area (Å²) in [7, 11) is 0. The number of hydrogen-bond donors (Lipinski definition) is 1. The molecular formula is C20H28ClN3O2S. The molecule has 3 heterocycles. The summed E-state index contributed by atoms with van der Waals surface area (Å²) in [5.74, 6) is 1.47. The summed E-state index contributed by atoms with van der Waals surface area (Å²) < 4.78 is 0. The molecule has 0 aliphatic carbocycles. The summed E-state index contributed by atoms with van der Waals surface area (Å²) in [5, 5.41) is 3.47. The van der Waals surface area contributed by atoms with Gasteiger partial charge in [-0.3, -0.25) is 9.59 Å². The molecule has 5 nitrogen and oxygen atoms in total. The number of anilines is 1. The maximum atomic E-state index is 13.0. The Morgan fingerprint density at radius 1 is 1.11 bits per heavy atom. The van der Waals surface area contributed by atoms with Crippen molar-refractivity contribution in [2.45, 2.75) is 24.2 Å². The molecule has 1 aromatic rings. The van der Waals surface area contributed by atoms with E-state index in [-0.39, 0.29) is 30.1 Å². The largest absolute Gasteiger partial charge is 0.342 e. The molecule has 0 spiro atoms. The van der Waals surface area contributed by atoms with Crippen molar-refractivity contribution in [2.24, 2.45) is 17.8 Å². The molecule has 3 saturated heterocycles.